The molecule has 0 radical (unpaired) electrons. The third kappa shape index (κ3) is 4.92. The molecule has 2 amide bonds. The van der Waals surface area contributed by atoms with Crippen LogP contribution >= 0.6 is 11.8 Å². The zero-order valence-electron chi connectivity index (χ0n) is 19.4. The minimum Gasteiger partial charge on any atom is -0.480 e. The molecule has 8 heteroatoms. The lowest BCUT2D eigenvalue weighted by atomic mass is 9.93. The molecule has 2 aliphatic rings. The minimum absolute atomic E-state index is 0.0390. The lowest BCUT2D eigenvalue weighted by Crippen LogP contribution is -2.54. The Morgan fingerprint density at radius 2 is 1.71 bits per heavy atom. The van der Waals surface area contributed by atoms with Gasteiger partial charge in [0.1, 0.15) is 12.6 Å². The third-order valence-corrected chi connectivity index (χ3v) is 7.65. The highest BCUT2D eigenvalue weighted by atomic mass is 32.2. The van der Waals surface area contributed by atoms with E-state index in [2.05, 4.69) is 29.6 Å². The first kappa shape index (κ1) is 24.1. The number of carboxylic acids is 1. The van der Waals surface area contributed by atoms with Crippen LogP contribution in [0.25, 0.3) is 11.1 Å². The van der Waals surface area contributed by atoms with Crippen LogP contribution in [-0.2, 0) is 14.3 Å². The molecule has 1 saturated heterocycles. The maximum Gasteiger partial charge on any atom is 0.407 e. The van der Waals surface area contributed by atoms with Gasteiger partial charge in [0.15, 0.2) is 0 Å². The molecule has 2 aromatic rings. The van der Waals surface area contributed by atoms with Crippen LogP contribution in [0.2, 0.25) is 0 Å². The largest absolute Gasteiger partial charge is 0.480 e. The van der Waals surface area contributed by atoms with Gasteiger partial charge < -0.3 is 20.1 Å². The molecule has 7 nitrogen and oxygen atoms in total. The van der Waals surface area contributed by atoms with Gasteiger partial charge in [-0.2, -0.15) is 11.8 Å². The average Bonchev–Trinajstić information content (AvgIpc) is 3.16. The molecular formula is C26H30N2O5S. The van der Waals surface area contributed by atoms with Crippen molar-refractivity contribution in [1.82, 2.24) is 10.2 Å². The number of nitrogens with one attached hydrogen (secondary N) is 1. The van der Waals surface area contributed by atoms with Gasteiger partial charge in [0.25, 0.3) is 0 Å². The highest BCUT2D eigenvalue weighted by molar-refractivity contribution is 7.99. The highest BCUT2D eigenvalue weighted by Gasteiger charge is 2.37. The summed E-state index contributed by atoms with van der Waals surface area (Å²) in [4.78, 5) is 38.8. The van der Waals surface area contributed by atoms with Gasteiger partial charge in [-0.15, -0.1) is 0 Å². The first-order valence-corrected chi connectivity index (χ1v) is 12.7. The van der Waals surface area contributed by atoms with Crippen LogP contribution in [0.15, 0.2) is 48.5 Å². The minimum atomic E-state index is -0.993. The van der Waals surface area contributed by atoms with E-state index in [1.54, 1.807) is 0 Å². The number of thioether (sulfide) groups is 1. The predicted molar refractivity (Wildman–Crippen MR) is 132 cm³/mol. The molecule has 1 fully saturated rings. The third-order valence-electron chi connectivity index (χ3n) is 6.63. The number of rotatable bonds is 7. The van der Waals surface area contributed by atoms with Crippen molar-refractivity contribution in [3.63, 3.8) is 0 Å². The molecule has 34 heavy (non-hydrogen) atoms. The van der Waals surface area contributed by atoms with Crippen LogP contribution in [0.5, 0.6) is 0 Å². The Bertz CT molecular complexity index is 1030. The Balaban J connectivity index is 1.37. The lowest BCUT2D eigenvalue weighted by Gasteiger charge is -2.36. The van der Waals surface area contributed by atoms with Crippen LogP contribution in [0.1, 0.15) is 30.9 Å². The summed E-state index contributed by atoms with van der Waals surface area (Å²) in [6, 6.07) is 15.4. The van der Waals surface area contributed by atoms with Crippen molar-refractivity contribution >= 4 is 29.7 Å². The van der Waals surface area contributed by atoms with Gasteiger partial charge in [0.2, 0.25) is 5.91 Å². The van der Waals surface area contributed by atoms with Gasteiger partial charge in [-0.1, -0.05) is 62.4 Å². The average molecular weight is 483 g/mol. The number of hydrogen-bond acceptors (Lipinski definition) is 5. The number of amides is 2. The zero-order valence-corrected chi connectivity index (χ0v) is 20.2. The summed E-state index contributed by atoms with van der Waals surface area (Å²) in [6.07, 6.45) is -0.579. The number of hydrogen-bond donors (Lipinski definition) is 2. The van der Waals surface area contributed by atoms with Crippen molar-refractivity contribution in [2.75, 3.05) is 31.2 Å². The molecule has 2 aromatic carbocycles. The highest BCUT2D eigenvalue weighted by Crippen LogP contribution is 2.44. The number of ether oxygens (including phenoxy) is 1. The number of carbonyl (C=O) groups excluding carboxylic acids is 2. The molecule has 0 saturated carbocycles. The molecule has 0 spiro atoms. The van der Waals surface area contributed by atoms with Crippen LogP contribution in [-0.4, -0.2) is 65.2 Å². The Morgan fingerprint density at radius 1 is 1.09 bits per heavy atom. The first-order valence-electron chi connectivity index (χ1n) is 11.6. The van der Waals surface area contributed by atoms with Crippen molar-refractivity contribution in [3.8, 4) is 11.1 Å². The topological polar surface area (TPSA) is 95.9 Å². The summed E-state index contributed by atoms with van der Waals surface area (Å²) in [5, 5.41) is 12.3. The van der Waals surface area contributed by atoms with Gasteiger partial charge in [-0.05, 0) is 28.2 Å². The monoisotopic (exact) mass is 482 g/mol. The summed E-state index contributed by atoms with van der Waals surface area (Å²) in [6.45, 7) is 4.50. The van der Waals surface area contributed by atoms with E-state index in [-0.39, 0.29) is 30.9 Å². The van der Waals surface area contributed by atoms with Crippen LogP contribution < -0.4 is 5.32 Å². The van der Waals surface area contributed by atoms with Crippen molar-refractivity contribution in [3.05, 3.63) is 59.7 Å². The molecule has 180 valence electrons. The first-order chi connectivity index (χ1) is 16.4. The Hall–Kier alpha value is -3.00. The quantitative estimate of drug-likeness (QED) is 0.623. The fourth-order valence-electron chi connectivity index (χ4n) is 4.74. The normalized spacial score (nSPS) is 18.2. The summed E-state index contributed by atoms with van der Waals surface area (Å²) in [7, 11) is 0. The molecule has 2 N–H and O–H groups in total. The van der Waals surface area contributed by atoms with Crippen LogP contribution in [0.3, 0.4) is 0 Å². The fraction of sp³-hybridized carbons (Fsp3) is 0.423. The number of carbonyl (C=O) groups is 3. The van der Waals surface area contributed by atoms with Gasteiger partial charge in [0, 0.05) is 30.5 Å². The van der Waals surface area contributed by atoms with Gasteiger partial charge >= 0.3 is 12.1 Å². The van der Waals surface area contributed by atoms with E-state index in [0.29, 0.717) is 18.1 Å². The maximum absolute atomic E-state index is 13.2. The SMILES string of the molecule is CC(C)C(CNC(=O)OCC1c2ccccc2-c2ccccc21)C(=O)N1CCSCC1C(=O)O. The number of aliphatic carboxylic acids is 1. The Kier molecular flexibility index (Phi) is 7.46. The van der Waals surface area contributed by atoms with E-state index in [9.17, 15) is 19.5 Å². The second-order valence-electron chi connectivity index (χ2n) is 9.02. The van der Waals surface area contributed by atoms with Gasteiger partial charge in [-0.3, -0.25) is 4.79 Å². The molecule has 1 aliphatic carbocycles. The maximum atomic E-state index is 13.2. The molecule has 1 aliphatic heterocycles. The summed E-state index contributed by atoms with van der Waals surface area (Å²) >= 11 is 1.54. The number of nitrogens with zero attached hydrogens (tertiary/aromatic N) is 1. The van der Waals surface area contributed by atoms with E-state index < -0.39 is 24.0 Å². The van der Waals surface area contributed by atoms with E-state index in [1.165, 1.54) is 16.7 Å². The van der Waals surface area contributed by atoms with E-state index in [0.717, 1.165) is 22.3 Å². The Labute approximate surface area is 203 Å². The van der Waals surface area contributed by atoms with Crippen LogP contribution in [0, 0.1) is 11.8 Å². The molecular weight excluding hydrogens is 452 g/mol. The van der Waals surface area contributed by atoms with E-state index >= 15 is 0 Å². The van der Waals surface area contributed by atoms with Crippen molar-refractivity contribution in [2.24, 2.45) is 11.8 Å². The standard InChI is InChI=1S/C26H30N2O5S/c1-16(2)21(24(29)28-11-12-34-15-23(28)25(30)31)13-27-26(32)33-14-22-19-9-5-3-7-17(19)18-8-4-6-10-20(18)22/h3-10,16,21-23H,11-15H2,1-2H3,(H,27,32)(H,30,31). The molecule has 4 rings (SSSR count). The van der Waals surface area contributed by atoms with Crippen molar-refractivity contribution < 1.29 is 24.2 Å². The predicted octanol–water partition coefficient (Wildman–Crippen LogP) is 3.83. The number of fused-ring (bicyclic) bond motifs is 3. The lowest BCUT2D eigenvalue weighted by molar-refractivity contribution is -0.151. The number of benzene rings is 2. The summed E-state index contributed by atoms with van der Waals surface area (Å²) < 4.78 is 5.58. The van der Waals surface area contributed by atoms with E-state index in [4.69, 9.17) is 4.74 Å². The van der Waals surface area contributed by atoms with Gasteiger partial charge in [-0.25, -0.2) is 9.59 Å². The molecule has 2 atom stereocenters. The number of alkyl carbamates (subject to hydrolysis) is 1. The van der Waals surface area contributed by atoms with Crippen molar-refractivity contribution in [1.29, 1.82) is 0 Å². The van der Waals surface area contributed by atoms with Gasteiger partial charge in [0.05, 0.1) is 5.92 Å². The van der Waals surface area contributed by atoms with Crippen LogP contribution in [0.4, 0.5) is 4.79 Å². The summed E-state index contributed by atoms with van der Waals surface area (Å²) in [5.41, 5.74) is 4.58. The molecule has 0 bridgehead atoms. The molecule has 0 aromatic heterocycles. The second-order valence-corrected chi connectivity index (χ2v) is 10.2. The Morgan fingerprint density at radius 3 is 2.29 bits per heavy atom. The zero-order chi connectivity index (χ0) is 24.2. The molecule has 2 unspecified atom stereocenters. The fourth-order valence-corrected chi connectivity index (χ4v) is 5.77. The summed E-state index contributed by atoms with van der Waals surface area (Å²) in [5.74, 6) is -0.765. The van der Waals surface area contributed by atoms with E-state index in [1.807, 2.05) is 38.1 Å². The molecule has 1 heterocycles. The van der Waals surface area contributed by atoms with Crippen molar-refractivity contribution in [2.45, 2.75) is 25.8 Å². The second kappa shape index (κ2) is 10.5. The smallest absolute Gasteiger partial charge is 0.407 e. The number of carboxylic acid groups (broad SMARTS) is 1.